The van der Waals surface area contributed by atoms with Gasteiger partial charge in [-0.05, 0) is 0 Å². The van der Waals surface area contributed by atoms with Crippen molar-refractivity contribution in [2.75, 3.05) is 0 Å². The second kappa shape index (κ2) is 4.23. The summed E-state index contributed by atoms with van der Waals surface area (Å²) in [5.74, 6) is -1.64. The maximum absolute atomic E-state index is 12.6. The third-order valence-corrected chi connectivity index (χ3v) is 1.02. The molecule has 0 bridgehead atoms. The van der Waals surface area contributed by atoms with Crippen molar-refractivity contribution in [3.05, 3.63) is 0 Å². The Morgan fingerprint density at radius 2 is 2.45 bits per heavy atom. The van der Waals surface area contributed by atoms with Crippen molar-refractivity contribution in [1.82, 2.24) is 5.32 Å². The number of hydrogen-bond acceptors (Lipinski definition) is 1. The van der Waals surface area contributed by atoms with Crippen LogP contribution in [0.5, 0.6) is 0 Å². The fourth-order valence-electron chi connectivity index (χ4n) is 0.350. The van der Waals surface area contributed by atoms with E-state index in [1.54, 1.807) is 6.92 Å². The van der Waals surface area contributed by atoms with Crippen LogP contribution in [0.4, 0.5) is 4.39 Å². The van der Waals surface area contributed by atoms with Gasteiger partial charge in [-0.3, -0.25) is 0 Å². The van der Waals surface area contributed by atoms with Gasteiger partial charge in [0.05, 0.1) is 0 Å². The van der Waals surface area contributed by atoms with Gasteiger partial charge >= 0.3 is 65.9 Å². The first-order chi connectivity index (χ1) is 4.95. The van der Waals surface area contributed by atoms with E-state index >= 15 is 0 Å². The minimum atomic E-state index is -1.65. The van der Waals surface area contributed by atoms with E-state index in [1.165, 1.54) is 13.3 Å². The third kappa shape index (κ3) is 7.19. The molecular formula is C6H14BFN3+. The Bertz CT molecular complexity index is 152. The van der Waals surface area contributed by atoms with Crippen molar-refractivity contribution >= 4 is 19.7 Å². The van der Waals surface area contributed by atoms with Gasteiger partial charge in [0.25, 0.3) is 0 Å². The number of rotatable bonds is 4. The molecule has 0 aliphatic carbocycles. The van der Waals surface area contributed by atoms with Gasteiger partial charge in [0.15, 0.2) is 0 Å². The fourth-order valence-corrected chi connectivity index (χ4v) is 0.350. The van der Waals surface area contributed by atoms with Crippen LogP contribution in [0.2, 0.25) is 0 Å². The number of aliphatic imine (C=N–C) groups is 1. The first-order valence-electron chi connectivity index (χ1n) is 3.42. The Hall–Kier alpha value is -0.705. The molecule has 0 radical (unpaired) electrons. The van der Waals surface area contributed by atoms with E-state index in [4.69, 9.17) is 0 Å². The zero-order valence-electron chi connectivity index (χ0n) is 6.97. The molecule has 0 aliphatic rings. The molecule has 5 heteroatoms. The Labute approximate surface area is 66.8 Å². The second-order valence-corrected chi connectivity index (χ2v) is 2.60. The van der Waals surface area contributed by atoms with Crippen LogP contribution in [-0.4, -0.2) is 31.6 Å². The van der Waals surface area contributed by atoms with E-state index in [0.29, 0.717) is 0 Å². The summed E-state index contributed by atoms with van der Waals surface area (Å²) in [6.45, 7) is 8.36. The van der Waals surface area contributed by atoms with Crippen LogP contribution in [-0.2, 0) is 0 Å². The number of alkyl halides is 1. The van der Waals surface area contributed by atoms with E-state index in [2.05, 4.69) is 22.5 Å². The summed E-state index contributed by atoms with van der Waals surface area (Å²) in [5, 5.41) is 2.37. The first-order valence-corrected chi connectivity index (χ1v) is 3.42. The van der Waals surface area contributed by atoms with Crippen molar-refractivity contribution < 1.29 is 10.1 Å². The quantitative estimate of drug-likeness (QED) is 0.177. The molecule has 2 atom stereocenters. The summed E-state index contributed by atoms with van der Waals surface area (Å²) in [6, 6.07) is 0. The molecule has 0 amide bonds. The van der Waals surface area contributed by atoms with Gasteiger partial charge in [0.2, 0.25) is 0 Å². The molecule has 3 nitrogen and oxygen atoms in total. The Morgan fingerprint density at radius 1 is 1.91 bits per heavy atom. The van der Waals surface area contributed by atoms with Crippen LogP contribution < -0.4 is 11.1 Å². The zero-order valence-corrected chi connectivity index (χ0v) is 6.97. The van der Waals surface area contributed by atoms with Gasteiger partial charge < -0.3 is 0 Å². The predicted octanol–water partition coefficient (Wildman–Crippen LogP) is -1.03. The summed E-state index contributed by atoms with van der Waals surface area (Å²) in [4.78, 5) is 3.89. The molecule has 0 spiro atoms. The van der Waals surface area contributed by atoms with Crippen LogP contribution in [0.15, 0.2) is 4.99 Å². The Kier molecular flexibility index (Phi) is 3.96. The standard InChI is InChI=1S/C6H13BFN3/c1-5(7-3)10-4-11-6(2,8)9/h4-5H,3,9H2,1-2H3,(H,10,11)/p+1. The zero-order chi connectivity index (χ0) is 8.91. The number of nitrogens with zero attached hydrogens (tertiary/aromatic N) is 1. The number of halogens is 1. The van der Waals surface area contributed by atoms with Crippen molar-refractivity contribution in [1.29, 1.82) is 0 Å². The topological polar surface area (TPSA) is 52.0 Å². The van der Waals surface area contributed by atoms with Crippen molar-refractivity contribution in [3.63, 3.8) is 0 Å². The molecule has 4 N–H and O–H groups in total. The average molecular weight is 158 g/mol. The van der Waals surface area contributed by atoms with E-state index in [1.807, 2.05) is 6.92 Å². The van der Waals surface area contributed by atoms with Crippen LogP contribution in [0.1, 0.15) is 13.8 Å². The van der Waals surface area contributed by atoms with E-state index in [9.17, 15) is 4.39 Å². The molecule has 0 aromatic carbocycles. The summed E-state index contributed by atoms with van der Waals surface area (Å²) in [5.41, 5.74) is 3.20. The van der Waals surface area contributed by atoms with E-state index in [-0.39, 0.29) is 5.94 Å². The molecule has 0 saturated carbocycles. The van der Waals surface area contributed by atoms with Crippen molar-refractivity contribution in [2.45, 2.75) is 25.7 Å². The van der Waals surface area contributed by atoms with Crippen LogP contribution in [0.3, 0.4) is 0 Å². The number of nitrogens with one attached hydrogen (secondary N) is 1. The molecule has 0 aliphatic heterocycles. The van der Waals surface area contributed by atoms with Gasteiger partial charge in [-0.2, -0.15) is 0 Å². The van der Waals surface area contributed by atoms with Crippen molar-refractivity contribution in [2.24, 2.45) is 4.99 Å². The SMILES string of the molecule is C=BC(C)N=CNC(C)([NH3+])F. The Morgan fingerprint density at radius 3 is 2.82 bits per heavy atom. The molecule has 0 heterocycles. The molecule has 0 rings (SSSR count). The second-order valence-electron chi connectivity index (χ2n) is 2.60. The van der Waals surface area contributed by atoms with Crippen LogP contribution in [0.25, 0.3) is 0 Å². The van der Waals surface area contributed by atoms with Crippen molar-refractivity contribution in [3.8, 4) is 0 Å². The molecule has 11 heavy (non-hydrogen) atoms. The van der Waals surface area contributed by atoms with E-state index < -0.39 is 5.92 Å². The fraction of sp³-hybridized carbons (Fsp3) is 0.667. The van der Waals surface area contributed by atoms with Gasteiger partial charge in [-0.25, -0.2) is 0 Å². The summed E-state index contributed by atoms with van der Waals surface area (Å²) in [7, 11) is 0. The summed E-state index contributed by atoms with van der Waals surface area (Å²) in [6.07, 6.45) is 1.30. The normalized spacial score (nSPS) is 18.9. The first kappa shape index (κ1) is 10.3. The molecular weight excluding hydrogens is 144 g/mol. The average Bonchev–Trinajstić information content (AvgIpc) is 1.85. The predicted molar refractivity (Wildman–Crippen MR) is 46.4 cm³/mol. The number of hydrogen-bond donors (Lipinski definition) is 2. The van der Waals surface area contributed by atoms with Crippen LogP contribution in [0, 0.1) is 0 Å². The third-order valence-electron chi connectivity index (χ3n) is 1.02. The summed E-state index contributed by atoms with van der Waals surface area (Å²) < 4.78 is 12.6. The molecule has 62 valence electrons. The van der Waals surface area contributed by atoms with E-state index in [0.717, 1.165) is 0 Å². The maximum atomic E-state index is 12.6. The van der Waals surface area contributed by atoms with Gasteiger partial charge in [0.1, 0.15) is 0 Å². The molecule has 0 fully saturated rings. The number of quaternary nitrogens is 1. The summed E-state index contributed by atoms with van der Waals surface area (Å²) >= 11 is 0. The van der Waals surface area contributed by atoms with Gasteiger partial charge in [0, 0.05) is 0 Å². The molecule has 2 unspecified atom stereocenters. The minimum absolute atomic E-state index is 0.00449. The monoisotopic (exact) mass is 158 g/mol. The van der Waals surface area contributed by atoms with Gasteiger partial charge in [-0.15, -0.1) is 0 Å². The van der Waals surface area contributed by atoms with Gasteiger partial charge in [-0.1, -0.05) is 0 Å². The molecule has 0 aromatic heterocycles. The molecule has 0 aromatic rings. The molecule has 0 saturated heterocycles. The Balaban J connectivity index is 3.69. The van der Waals surface area contributed by atoms with Crippen LogP contribution >= 0.6 is 0 Å².